The molecular formula is C16H25N3O5. The number of likely N-dealkylation sites (N-methyl/N-ethyl adjacent to an activating group) is 1. The first-order chi connectivity index (χ1) is 11.4. The SMILES string of the molecule is CCc1noc(C)c1C(=O)N[C@@H]1CCOC[C@H]1OCC(=O)N(C)C. The average molecular weight is 339 g/mol. The van der Waals surface area contributed by atoms with Crippen molar-refractivity contribution < 1.29 is 23.6 Å². The van der Waals surface area contributed by atoms with Gasteiger partial charge in [0.15, 0.2) is 0 Å². The van der Waals surface area contributed by atoms with Crippen LogP contribution in [0, 0.1) is 6.92 Å². The summed E-state index contributed by atoms with van der Waals surface area (Å²) >= 11 is 0. The molecule has 24 heavy (non-hydrogen) atoms. The van der Waals surface area contributed by atoms with Crippen molar-refractivity contribution in [3.8, 4) is 0 Å². The van der Waals surface area contributed by atoms with Crippen LogP contribution >= 0.6 is 0 Å². The van der Waals surface area contributed by atoms with Gasteiger partial charge in [-0.1, -0.05) is 12.1 Å². The van der Waals surface area contributed by atoms with Gasteiger partial charge in [0, 0.05) is 20.7 Å². The summed E-state index contributed by atoms with van der Waals surface area (Å²) in [7, 11) is 3.34. The number of ether oxygens (including phenoxy) is 2. The minimum absolute atomic E-state index is 0.0418. The highest BCUT2D eigenvalue weighted by Gasteiger charge is 2.30. The molecule has 0 unspecified atom stereocenters. The van der Waals surface area contributed by atoms with Crippen LogP contribution in [0.1, 0.15) is 35.2 Å². The molecule has 1 aliphatic rings. The number of hydrogen-bond donors (Lipinski definition) is 1. The zero-order valence-corrected chi connectivity index (χ0v) is 14.6. The van der Waals surface area contributed by atoms with Crippen LogP contribution in [0.5, 0.6) is 0 Å². The molecule has 134 valence electrons. The molecule has 2 rings (SSSR count). The molecule has 1 aromatic heterocycles. The Balaban J connectivity index is 2.01. The Morgan fingerprint density at radius 1 is 1.42 bits per heavy atom. The summed E-state index contributed by atoms with van der Waals surface area (Å²) in [6.45, 7) is 4.47. The van der Waals surface area contributed by atoms with Crippen molar-refractivity contribution in [3.63, 3.8) is 0 Å². The Kier molecular flexibility index (Phi) is 6.33. The monoisotopic (exact) mass is 339 g/mol. The summed E-state index contributed by atoms with van der Waals surface area (Å²) in [5, 5.41) is 6.88. The molecular weight excluding hydrogens is 314 g/mol. The third kappa shape index (κ3) is 4.33. The van der Waals surface area contributed by atoms with Crippen molar-refractivity contribution in [2.45, 2.75) is 38.8 Å². The summed E-state index contributed by atoms with van der Waals surface area (Å²) < 4.78 is 16.2. The largest absolute Gasteiger partial charge is 0.379 e. The van der Waals surface area contributed by atoms with E-state index in [2.05, 4.69) is 10.5 Å². The smallest absolute Gasteiger partial charge is 0.257 e. The van der Waals surface area contributed by atoms with Crippen molar-refractivity contribution >= 4 is 11.8 Å². The second-order valence-corrected chi connectivity index (χ2v) is 6.00. The van der Waals surface area contributed by atoms with E-state index in [1.165, 1.54) is 4.90 Å². The lowest BCUT2D eigenvalue weighted by molar-refractivity contribution is -0.140. The van der Waals surface area contributed by atoms with Crippen molar-refractivity contribution in [2.24, 2.45) is 0 Å². The van der Waals surface area contributed by atoms with Crippen LogP contribution in [-0.2, 0) is 20.7 Å². The molecule has 2 amide bonds. The molecule has 2 atom stereocenters. The van der Waals surface area contributed by atoms with E-state index in [-0.39, 0.29) is 30.6 Å². The van der Waals surface area contributed by atoms with Gasteiger partial charge in [-0.3, -0.25) is 9.59 Å². The summed E-state index contributed by atoms with van der Waals surface area (Å²) in [5.74, 6) is 0.135. The summed E-state index contributed by atoms with van der Waals surface area (Å²) in [5.41, 5.74) is 1.12. The second-order valence-electron chi connectivity index (χ2n) is 6.00. The van der Waals surface area contributed by atoms with Gasteiger partial charge in [-0.2, -0.15) is 0 Å². The maximum absolute atomic E-state index is 12.6. The second kappa shape index (κ2) is 8.25. The van der Waals surface area contributed by atoms with Gasteiger partial charge in [0.1, 0.15) is 24.0 Å². The van der Waals surface area contributed by atoms with E-state index in [9.17, 15) is 9.59 Å². The van der Waals surface area contributed by atoms with E-state index in [1.54, 1.807) is 21.0 Å². The zero-order chi connectivity index (χ0) is 17.7. The molecule has 1 aromatic rings. The average Bonchev–Trinajstić information content (AvgIpc) is 2.94. The van der Waals surface area contributed by atoms with E-state index in [1.807, 2.05) is 6.92 Å². The fraction of sp³-hybridized carbons (Fsp3) is 0.688. The Morgan fingerprint density at radius 2 is 2.17 bits per heavy atom. The van der Waals surface area contributed by atoms with Crippen molar-refractivity contribution in [3.05, 3.63) is 17.0 Å². The van der Waals surface area contributed by atoms with Crippen LogP contribution in [0.15, 0.2) is 4.52 Å². The molecule has 1 fully saturated rings. The van der Waals surface area contributed by atoms with Crippen LogP contribution in [-0.4, -0.2) is 67.9 Å². The number of carbonyl (C=O) groups excluding carboxylic acids is 2. The highest BCUT2D eigenvalue weighted by atomic mass is 16.5. The molecule has 0 aromatic carbocycles. The number of aromatic nitrogens is 1. The van der Waals surface area contributed by atoms with Gasteiger partial charge in [-0.25, -0.2) is 0 Å². The predicted molar refractivity (Wildman–Crippen MR) is 85.7 cm³/mol. The minimum atomic E-state index is -0.364. The summed E-state index contributed by atoms with van der Waals surface area (Å²) in [6, 6.07) is -0.222. The van der Waals surface area contributed by atoms with E-state index in [0.717, 1.165) is 0 Å². The number of amides is 2. The van der Waals surface area contributed by atoms with E-state index >= 15 is 0 Å². The molecule has 0 aliphatic carbocycles. The predicted octanol–water partition coefficient (Wildman–Crippen LogP) is 0.538. The highest BCUT2D eigenvalue weighted by molar-refractivity contribution is 5.96. The number of nitrogens with one attached hydrogen (secondary N) is 1. The van der Waals surface area contributed by atoms with Gasteiger partial charge < -0.3 is 24.2 Å². The third-order valence-electron chi connectivity index (χ3n) is 4.04. The third-order valence-corrected chi connectivity index (χ3v) is 4.04. The standard InChI is InChI=1S/C16H25N3O5/c1-5-11-15(10(2)24-18-11)16(21)17-12-6-7-22-8-13(12)23-9-14(20)19(3)4/h12-13H,5-9H2,1-4H3,(H,17,21)/t12-,13-/m1/s1. The van der Waals surface area contributed by atoms with Crippen LogP contribution in [0.2, 0.25) is 0 Å². The molecule has 0 saturated carbocycles. The Labute approximate surface area is 141 Å². The fourth-order valence-corrected chi connectivity index (χ4v) is 2.54. The number of hydrogen-bond acceptors (Lipinski definition) is 6. The van der Waals surface area contributed by atoms with Gasteiger partial charge >= 0.3 is 0 Å². The Hall–Kier alpha value is -1.93. The van der Waals surface area contributed by atoms with Gasteiger partial charge in [-0.05, 0) is 19.8 Å². The molecule has 1 N–H and O–H groups in total. The Bertz CT molecular complexity index is 584. The molecule has 1 saturated heterocycles. The van der Waals surface area contributed by atoms with Gasteiger partial charge in [-0.15, -0.1) is 0 Å². The van der Waals surface area contributed by atoms with Crippen molar-refractivity contribution in [1.29, 1.82) is 0 Å². The van der Waals surface area contributed by atoms with Crippen LogP contribution in [0.3, 0.4) is 0 Å². The molecule has 0 radical (unpaired) electrons. The molecule has 8 nitrogen and oxygen atoms in total. The first-order valence-corrected chi connectivity index (χ1v) is 8.09. The van der Waals surface area contributed by atoms with E-state index in [0.29, 0.717) is 43.1 Å². The van der Waals surface area contributed by atoms with E-state index in [4.69, 9.17) is 14.0 Å². The van der Waals surface area contributed by atoms with E-state index < -0.39 is 0 Å². The van der Waals surface area contributed by atoms with Crippen LogP contribution < -0.4 is 5.32 Å². The summed E-state index contributed by atoms with van der Waals surface area (Å²) in [6.07, 6.45) is 0.876. The molecule has 0 bridgehead atoms. The number of rotatable bonds is 6. The molecule has 2 heterocycles. The Morgan fingerprint density at radius 3 is 2.83 bits per heavy atom. The first-order valence-electron chi connectivity index (χ1n) is 8.09. The number of carbonyl (C=O) groups is 2. The normalized spacial score (nSPS) is 20.7. The van der Waals surface area contributed by atoms with Crippen LogP contribution in [0.4, 0.5) is 0 Å². The maximum atomic E-state index is 12.6. The van der Waals surface area contributed by atoms with Crippen molar-refractivity contribution in [1.82, 2.24) is 15.4 Å². The van der Waals surface area contributed by atoms with Gasteiger partial charge in [0.05, 0.1) is 18.3 Å². The molecule has 8 heteroatoms. The topological polar surface area (TPSA) is 93.9 Å². The lowest BCUT2D eigenvalue weighted by Crippen LogP contribution is -2.51. The summed E-state index contributed by atoms with van der Waals surface area (Å²) in [4.78, 5) is 25.7. The maximum Gasteiger partial charge on any atom is 0.257 e. The molecule has 1 aliphatic heterocycles. The fourth-order valence-electron chi connectivity index (χ4n) is 2.54. The lowest BCUT2D eigenvalue weighted by Gasteiger charge is -2.32. The van der Waals surface area contributed by atoms with Crippen molar-refractivity contribution in [2.75, 3.05) is 33.9 Å². The quantitative estimate of drug-likeness (QED) is 0.813. The lowest BCUT2D eigenvalue weighted by atomic mass is 10.0. The minimum Gasteiger partial charge on any atom is -0.379 e. The number of aryl methyl sites for hydroxylation is 2. The first kappa shape index (κ1) is 18.4. The van der Waals surface area contributed by atoms with Crippen LogP contribution in [0.25, 0.3) is 0 Å². The zero-order valence-electron chi connectivity index (χ0n) is 14.6. The van der Waals surface area contributed by atoms with Gasteiger partial charge in [0.2, 0.25) is 5.91 Å². The highest BCUT2D eigenvalue weighted by Crippen LogP contribution is 2.17. The molecule has 0 spiro atoms. The number of nitrogens with zero attached hydrogens (tertiary/aromatic N) is 2. The van der Waals surface area contributed by atoms with Gasteiger partial charge in [0.25, 0.3) is 5.91 Å².